The molecule has 0 radical (unpaired) electrons. The fourth-order valence-corrected chi connectivity index (χ4v) is 3.09. The molecule has 1 heterocycles. The van der Waals surface area contributed by atoms with Gasteiger partial charge in [0.15, 0.2) is 5.16 Å². The maximum Gasteiger partial charge on any atom is 0.191 e. The second kappa shape index (κ2) is 8.92. The molecular weight excluding hydrogens is 344 g/mol. The summed E-state index contributed by atoms with van der Waals surface area (Å²) in [6.45, 7) is 9.55. The Hall–Kier alpha value is -1.76. The van der Waals surface area contributed by atoms with E-state index < -0.39 is 0 Å². The third kappa shape index (κ3) is 5.40. The summed E-state index contributed by atoms with van der Waals surface area (Å²) in [4.78, 5) is 2.14. The van der Waals surface area contributed by atoms with Gasteiger partial charge < -0.3 is 9.67 Å². The molecule has 0 aliphatic rings. The normalized spacial score (nSPS) is 11.0. The van der Waals surface area contributed by atoms with Gasteiger partial charge in [-0.2, -0.15) is 0 Å². The van der Waals surface area contributed by atoms with Crippen molar-refractivity contribution in [1.82, 2.24) is 19.7 Å². The van der Waals surface area contributed by atoms with E-state index in [1.807, 2.05) is 29.8 Å². The summed E-state index contributed by atoms with van der Waals surface area (Å²) >= 11 is 7.34. The maximum atomic E-state index is 9.35. The van der Waals surface area contributed by atoms with Crippen LogP contribution in [0.5, 0.6) is 5.75 Å². The Morgan fingerprint density at radius 2 is 2.04 bits per heavy atom. The van der Waals surface area contributed by atoms with E-state index in [2.05, 4.69) is 28.3 Å². The molecule has 2 rings (SSSR count). The summed E-state index contributed by atoms with van der Waals surface area (Å²) in [6, 6.07) is 7.20. The molecule has 0 spiro atoms. The number of hydrogen-bond donors (Lipinski definition) is 1. The van der Waals surface area contributed by atoms with E-state index in [1.54, 1.807) is 12.1 Å². The molecule has 0 fully saturated rings. The molecule has 0 aliphatic heterocycles. The van der Waals surface area contributed by atoms with Crippen LogP contribution in [-0.4, -0.2) is 37.6 Å². The van der Waals surface area contributed by atoms with Crippen LogP contribution in [0.3, 0.4) is 0 Å². The van der Waals surface area contributed by atoms with Crippen LogP contribution >= 0.6 is 23.4 Å². The van der Waals surface area contributed by atoms with Gasteiger partial charge in [-0.3, -0.25) is 4.90 Å². The lowest BCUT2D eigenvalue weighted by atomic mass is 10.2. The number of phenols is 1. The Labute approximate surface area is 151 Å². The Bertz CT molecular complexity index is 699. The summed E-state index contributed by atoms with van der Waals surface area (Å²) in [7, 11) is 2.02. The molecule has 1 aromatic heterocycles. The van der Waals surface area contributed by atoms with E-state index in [-0.39, 0.29) is 5.75 Å². The number of allylic oxidation sites excluding steroid dienone is 1. The number of benzene rings is 1. The molecule has 0 aliphatic carbocycles. The van der Waals surface area contributed by atoms with Crippen molar-refractivity contribution in [1.29, 1.82) is 0 Å². The van der Waals surface area contributed by atoms with Gasteiger partial charge in [-0.05, 0) is 24.7 Å². The van der Waals surface area contributed by atoms with Crippen LogP contribution in [0.1, 0.15) is 11.4 Å². The predicted octanol–water partition coefficient (Wildman–Crippen LogP) is 3.65. The molecule has 7 heteroatoms. The zero-order chi connectivity index (χ0) is 17.5. The van der Waals surface area contributed by atoms with E-state index in [0.29, 0.717) is 23.9 Å². The van der Waals surface area contributed by atoms with Crippen molar-refractivity contribution < 1.29 is 5.11 Å². The van der Waals surface area contributed by atoms with Crippen LogP contribution in [-0.2, 0) is 19.6 Å². The van der Waals surface area contributed by atoms with E-state index in [0.717, 1.165) is 23.1 Å². The van der Waals surface area contributed by atoms with E-state index in [1.165, 1.54) is 11.8 Å². The lowest BCUT2D eigenvalue weighted by Crippen LogP contribution is -2.20. The fourth-order valence-electron chi connectivity index (χ4n) is 2.21. The smallest absolute Gasteiger partial charge is 0.191 e. The first-order valence-corrected chi connectivity index (χ1v) is 8.81. The molecule has 0 saturated heterocycles. The zero-order valence-electron chi connectivity index (χ0n) is 13.7. The van der Waals surface area contributed by atoms with Gasteiger partial charge in [-0.1, -0.05) is 48.2 Å². The van der Waals surface area contributed by atoms with Crippen molar-refractivity contribution in [2.75, 3.05) is 12.8 Å². The Kier molecular flexibility index (Phi) is 6.90. The first-order chi connectivity index (χ1) is 11.5. The van der Waals surface area contributed by atoms with Crippen molar-refractivity contribution in [3.05, 3.63) is 59.9 Å². The standard InChI is InChI=1S/C17H21ClN4OS/c1-4-9-22-16(19-20-17(22)24-12-13(2)18)11-21(3)10-14-5-7-15(23)8-6-14/h4-8,23H,1-2,9-12H2,3H3. The topological polar surface area (TPSA) is 54.2 Å². The highest BCUT2D eigenvalue weighted by Crippen LogP contribution is 2.21. The fraction of sp³-hybridized carbons (Fsp3) is 0.294. The summed E-state index contributed by atoms with van der Waals surface area (Å²) in [5, 5.41) is 19.3. The highest BCUT2D eigenvalue weighted by molar-refractivity contribution is 7.99. The number of aromatic nitrogens is 3. The molecule has 5 nitrogen and oxygen atoms in total. The van der Waals surface area contributed by atoms with Crippen molar-refractivity contribution >= 4 is 23.4 Å². The Morgan fingerprint density at radius 3 is 2.67 bits per heavy atom. The third-order valence-corrected chi connectivity index (χ3v) is 4.61. The molecule has 1 aromatic carbocycles. The van der Waals surface area contributed by atoms with Crippen molar-refractivity contribution in [3.63, 3.8) is 0 Å². The quantitative estimate of drug-likeness (QED) is 0.543. The van der Waals surface area contributed by atoms with Crippen LogP contribution in [0.15, 0.2) is 53.7 Å². The van der Waals surface area contributed by atoms with Crippen LogP contribution in [0.25, 0.3) is 0 Å². The van der Waals surface area contributed by atoms with Crippen molar-refractivity contribution in [3.8, 4) is 5.75 Å². The number of nitrogens with zero attached hydrogens (tertiary/aromatic N) is 4. The van der Waals surface area contributed by atoms with Crippen LogP contribution in [0, 0.1) is 0 Å². The number of thioether (sulfide) groups is 1. The summed E-state index contributed by atoms with van der Waals surface area (Å²) in [6.07, 6.45) is 1.83. The van der Waals surface area contributed by atoms with Gasteiger partial charge in [0.05, 0.1) is 6.54 Å². The van der Waals surface area contributed by atoms with Gasteiger partial charge >= 0.3 is 0 Å². The van der Waals surface area contributed by atoms with Gasteiger partial charge in [0.2, 0.25) is 0 Å². The monoisotopic (exact) mass is 364 g/mol. The van der Waals surface area contributed by atoms with E-state index in [4.69, 9.17) is 11.6 Å². The second-order valence-corrected chi connectivity index (χ2v) is 6.92. The number of rotatable bonds is 9. The summed E-state index contributed by atoms with van der Waals surface area (Å²) < 4.78 is 2.03. The lowest BCUT2D eigenvalue weighted by Gasteiger charge is -2.17. The Morgan fingerprint density at radius 1 is 1.33 bits per heavy atom. The molecule has 128 valence electrons. The molecule has 0 bridgehead atoms. The molecule has 0 atom stereocenters. The predicted molar refractivity (Wildman–Crippen MR) is 99.2 cm³/mol. The average Bonchev–Trinajstić information content (AvgIpc) is 2.90. The number of hydrogen-bond acceptors (Lipinski definition) is 5. The number of aromatic hydroxyl groups is 1. The molecule has 2 aromatic rings. The molecule has 0 saturated carbocycles. The summed E-state index contributed by atoms with van der Waals surface area (Å²) in [5.74, 6) is 1.74. The van der Waals surface area contributed by atoms with Crippen LogP contribution < -0.4 is 0 Å². The van der Waals surface area contributed by atoms with Crippen LogP contribution in [0.4, 0.5) is 0 Å². The van der Waals surface area contributed by atoms with Gasteiger partial charge in [0, 0.05) is 23.9 Å². The lowest BCUT2D eigenvalue weighted by molar-refractivity contribution is 0.304. The van der Waals surface area contributed by atoms with Gasteiger partial charge in [0.1, 0.15) is 11.6 Å². The maximum absolute atomic E-state index is 9.35. The van der Waals surface area contributed by atoms with E-state index in [9.17, 15) is 5.11 Å². The minimum atomic E-state index is 0.273. The summed E-state index contributed by atoms with van der Waals surface area (Å²) in [5.41, 5.74) is 1.12. The number of halogens is 1. The molecule has 24 heavy (non-hydrogen) atoms. The largest absolute Gasteiger partial charge is 0.508 e. The highest BCUT2D eigenvalue weighted by atomic mass is 35.5. The molecule has 1 N–H and O–H groups in total. The average molecular weight is 365 g/mol. The first-order valence-electron chi connectivity index (χ1n) is 7.45. The number of phenolic OH excluding ortho intramolecular Hbond substituents is 1. The van der Waals surface area contributed by atoms with Crippen molar-refractivity contribution in [2.24, 2.45) is 0 Å². The molecule has 0 amide bonds. The third-order valence-electron chi connectivity index (χ3n) is 3.26. The minimum absolute atomic E-state index is 0.273. The minimum Gasteiger partial charge on any atom is -0.508 e. The molecular formula is C17H21ClN4OS. The SMILES string of the molecule is C=CCn1c(CN(C)Cc2ccc(O)cc2)nnc1SCC(=C)Cl. The zero-order valence-corrected chi connectivity index (χ0v) is 15.2. The highest BCUT2D eigenvalue weighted by Gasteiger charge is 2.14. The van der Waals surface area contributed by atoms with Gasteiger partial charge in [0.25, 0.3) is 0 Å². The van der Waals surface area contributed by atoms with Gasteiger partial charge in [-0.25, -0.2) is 0 Å². The van der Waals surface area contributed by atoms with E-state index >= 15 is 0 Å². The molecule has 0 unspecified atom stereocenters. The van der Waals surface area contributed by atoms with Crippen LogP contribution in [0.2, 0.25) is 0 Å². The Balaban J connectivity index is 2.05. The van der Waals surface area contributed by atoms with Crippen molar-refractivity contribution in [2.45, 2.75) is 24.8 Å². The second-order valence-electron chi connectivity index (χ2n) is 5.44. The van der Waals surface area contributed by atoms with Gasteiger partial charge in [-0.15, -0.1) is 16.8 Å². The first kappa shape index (κ1) is 18.6.